The third-order valence-electron chi connectivity index (χ3n) is 3.32. The summed E-state index contributed by atoms with van der Waals surface area (Å²) in [6, 6.07) is 11.7. The fraction of sp³-hybridized carbons (Fsp3) is 0.250. The van der Waals surface area contributed by atoms with Crippen LogP contribution in [-0.2, 0) is 10.0 Å². The standard InChI is InChI=1S/C16H18ClNO3S/c1-4-18(13-7-10-16(21-3)15(17)11-13)22(19,20)14-8-5-12(2)6-9-14/h5-11H,4H2,1-3H3. The molecule has 2 aromatic carbocycles. The summed E-state index contributed by atoms with van der Waals surface area (Å²) in [7, 11) is -2.11. The van der Waals surface area contributed by atoms with Crippen LogP contribution in [0.5, 0.6) is 5.75 Å². The van der Waals surface area contributed by atoms with Crippen LogP contribution in [0.3, 0.4) is 0 Å². The normalized spacial score (nSPS) is 11.3. The molecule has 0 N–H and O–H groups in total. The van der Waals surface area contributed by atoms with Gasteiger partial charge in [-0.15, -0.1) is 0 Å². The summed E-state index contributed by atoms with van der Waals surface area (Å²) in [5.74, 6) is 0.509. The van der Waals surface area contributed by atoms with Crippen LogP contribution in [0.2, 0.25) is 5.02 Å². The molecule has 0 fully saturated rings. The van der Waals surface area contributed by atoms with Crippen molar-refractivity contribution in [3.05, 3.63) is 53.1 Å². The molecule has 0 saturated carbocycles. The van der Waals surface area contributed by atoms with E-state index in [0.717, 1.165) is 5.56 Å². The van der Waals surface area contributed by atoms with Crippen LogP contribution in [-0.4, -0.2) is 22.1 Å². The lowest BCUT2D eigenvalue weighted by Crippen LogP contribution is -2.30. The van der Waals surface area contributed by atoms with Gasteiger partial charge in [0.2, 0.25) is 0 Å². The van der Waals surface area contributed by atoms with Crippen molar-refractivity contribution in [2.45, 2.75) is 18.7 Å². The van der Waals surface area contributed by atoms with Crippen LogP contribution < -0.4 is 9.04 Å². The van der Waals surface area contributed by atoms with Crippen molar-refractivity contribution in [3.8, 4) is 5.75 Å². The number of nitrogens with zero attached hydrogens (tertiary/aromatic N) is 1. The van der Waals surface area contributed by atoms with Crippen LogP contribution in [0.1, 0.15) is 12.5 Å². The number of rotatable bonds is 5. The van der Waals surface area contributed by atoms with Crippen molar-refractivity contribution >= 4 is 27.3 Å². The first kappa shape index (κ1) is 16.6. The quantitative estimate of drug-likeness (QED) is 0.830. The summed E-state index contributed by atoms with van der Waals surface area (Å²) in [5.41, 5.74) is 1.52. The number of ether oxygens (including phenoxy) is 1. The fourth-order valence-electron chi connectivity index (χ4n) is 2.14. The van der Waals surface area contributed by atoms with E-state index < -0.39 is 10.0 Å². The average Bonchev–Trinajstić information content (AvgIpc) is 2.48. The average molecular weight is 340 g/mol. The van der Waals surface area contributed by atoms with Gasteiger partial charge in [0, 0.05) is 6.54 Å². The molecule has 0 aliphatic carbocycles. The van der Waals surface area contributed by atoms with Gasteiger partial charge in [-0.2, -0.15) is 0 Å². The predicted octanol–water partition coefficient (Wildman–Crippen LogP) is 3.87. The summed E-state index contributed by atoms with van der Waals surface area (Å²) in [5, 5.41) is 0.373. The minimum Gasteiger partial charge on any atom is -0.495 e. The number of anilines is 1. The predicted molar refractivity (Wildman–Crippen MR) is 89.4 cm³/mol. The number of benzene rings is 2. The lowest BCUT2D eigenvalue weighted by atomic mass is 10.2. The molecule has 4 nitrogen and oxygen atoms in total. The lowest BCUT2D eigenvalue weighted by Gasteiger charge is -2.23. The zero-order chi connectivity index (χ0) is 16.3. The Kier molecular flexibility index (Phi) is 4.98. The van der Waals surface area contributed by atoms with Crippen LogP contribution in [0, 0.1) is 6.92 Å². The first-order valence-electron chi connectivity index (χ1n) is 6.83. The van der Waals surface area contributed by atoms with Crippen LogP contribution in [0.15, 0.2) is 47.4 Å². The molecule has 118 valence electrons. The van der Waals surface area contributed by atoms with Crippen molar-refractivity contribution in [2.75, 3.05) is 18.0 Å². The molecule has 0 unspecified atom stereocenters. The van der Waals surface area contributed by atoms with Gasteiger partial charge in [-0.25, -0.2) is 8.42 Å². The topological polar surface area (TPSA) is 46.6 Å². The van der Waals surface area contributed by atoms with Gasteiger partial charge < -0.3 is 4.74 Å². The maximum absolute atomic E-state index is 12.8. The van der Waals surface area contributed by atoms with E-state index in [2.05, 4.69) is 0 Å². The van der Waals surface area contributed by atoms with E-state index in [1.165, 1.54) is 11.4 Å². The van der Waals surface area contributed by atoms with Gasteiger partial charge >= 0.3 is 0 Å². The Balaban J connectivity index is 2.46. The first-order valence-corrected chi connectivity index (χ1v) is 8.65. The molecule has 0 radical (unpaired) electrons. The van der Waals surface area contributed by atoms with Gasteiger partial charge in [-0.3, -0.25) is 4.31 Å². The maximum Gasteiger partial charge on any atom is 0.264 e. The smallest absolute Gasteiger partial charge is 0.264 e. The fourth-order valence-corrected chi connectivity index (χ4v) is 3.86. The number of sulfonamides is 1. The molecule has 6 heteroatoms. The Morgan fingerprint density at radius 2 is 1.77 bits per heavy atom. The Hall–Kier alpha value is -1.72. The Bertz CT molecular complexity index is 757. The second-order valence-corrected chi connectivity index (χ2v) is 7.07. The van der Waals surface area contributed by atoms with Gasteiger partial charge in [0.05, 0.1) is 22.7 Å². The molecule has 2 aromatic rings. The Morgan fingerprint density at radius 3 is 2.27 bits per heavy atom. The number of hydrogen-bond acceptors (Lipinski definition) is 3. The van der Waals surface area contributed by atoms with E-state index >= 15 is 0 Å². The molecule has 0 amide bonds. The van der Waals surface area contributed by atoms with Crippen molar-refractivity contribution in [1.82, 2.24) is 0 Å². The molecule has 22 heavy (non-hydrogen) atoms. The van der Waals surface area contributed by atoms with E-state index in [1.807, 2.05) is 6.92 Å². The Labute approximate surface area is 136 Å². The van der Waals surface area contributed by atoms with E-state index in [9.17, 15) is 8.42 Å². The highest BCUT2D eigenvalue weighted by Crippen LogP contribution is 2.31. The highest BCUT2D eigenvalue weighted by molar-refractivity contribution is 7.92. The molecule has 0 aliphatic rings. The SMILES string of the molecule is CCN(c1ccc(OC)c(Cl)c1)S(=O)(=O)c1ccc(C)cc1. The lowest BCUT2D eigenvalue weighted by molar-refractivity contribution is 0.415. The zero-order valence-corrected chi connectivity index (χ0v) is 14.3. The molecule has 0 aliphatic heterocycles. The summed E-state index contributed by atoms with van der Waals surface area (Å²) in [6.45, 7) is 4.00. The molecular formula is C16H18ClNO3S. The first-order chi connectivity index (χ1) is 10.4. The monoisotopic (exact) mass is 339 g/mol. The Morgan fingerprint density at radius 1 is 1.14 bits per heavy atom. The summed E-state index contributed by atoms with van der Waals surface area (Å²) < 4.78 is 32.0. The molecule has 0 aromatic heterocycles. The van der Waals surface area contributed by atoms with Gasteiger partial charge in [0.25, 0.3) is 10.0 Å². The molecule has 0 heterocycles. The minimum absolute atomic E-state index is 0.256. The number of aryl methyl sites for hydroxylation is 1. The second-order valence-electron chi connectivity index (χ2n) is 4.80. The maximum atomic E-state index is 12.8. The third kappa shape index (κ3) is 3.20. The van der Waals surface area contributed by atoms with E-state index in [4.69, 9.17) is 16.3 Å². The van der Waals surface area contributed by atoms with Gasteiger partial charge in [-0.05, 0) is 44.2 Å². The molecule has 0 spiro atoms. The van der Waals surface area contributed by atoms with Crippen LogP contribution in [0.25, 0.3) is 0 Å². The summed E-state index contributed by atoms with van der Waals surface area (Å²) >= 11 is 6.10. The number of methoxy groups -OCH3 is 1. The largest absolute Gasteiger partial charge is 0.495 e. The highest BCUT2D eigenvalue weighted by Gasteiger charge is 2.24. The van der Waals surface area contributed by atoms with Crippen molar-refractivity contribution in [3.63, 3.8) is 0 Å². The molecule has 0 atom stereocenters. The zero-order valence-electron chi connectivity index (χ0n) is 12.7. The minimum atomic E-state index is -3.62. The van der Waals surface area contributed by atoms with Crippen molar-refractivity contribution < 1.29 is 13.2 Å². The molecular weight excluding hydrogens is 322 g/mol. The van der Waals surface area contributed by atoms with Crippen molar-refractivity contribution in [1.29, 1.82) is 0 Å². The van der Waals surface area contributed by atoms with Gasteiger partial charge in [0.15, 0.2) is 0 Å². The highest BCUT2D eigenvalue weighted by atomic mass is 35.5. The second kappa shape index (κ2) is 6.58. The molecule has 2 rings (SSSR count). The van der Waals surface area contributed by atoms with E-state index in [1.54, 1.807) is 49.4 Å². The van der Waals surface area contributed by atoms with E-state index in [-0.39, 0.29) is 4.90 Å². The van der Waals surface area contributed by atoms with Crippen molar-refractivity contribution in [2.24, 2.45) is 0 Å². The number of halogens is 1. The third-order valence-corrected chi connectivity index (χ3v) is 5.53. The van der Waals surface area contributed by atoms with Crippen LogP contribution >= 0.6 is 11.6 Å². The van der Waals surface area contributed by atoms with Crippen LogP contribution in [0.4, 0.5) is 5.69 Å². The molecule has 0 saturated heterocycles. The van der Waals surface area contributed by atoms with Gasteiger partial charge in [-0.1, -0.05) is 29.3 Å². The van der Waals surface area contributed by atoms with E-state index in [0.29, 0.717) is 23.0 Å². The van der Waals surface area contributed by atoms with Gasteiger partial charge in [0.1, 0.15) is 5.75 Å². The molecule has 0 bridgehead atoms. The summed E-state index contributed by atoms with van der Waals surface area (Å²) in [4.78, 5) is 0.256. The summed E-state index contributed by atoms with van der Waals surface area (Å²) in [6.07, 6.45) is 0. The number of hydrogen-bond donors (Lipinski definition) is 0.